The van der Waals surface area contributed by atoms with Crippen LogP contribution in [0.4, 0.5) is 0 Å². The summed E-state index contributed by atoms with van der Waals surface area (Å²) < 4.78 is 0. The van der Waals surface area contributed by atoms with Crippen LogP contribution in [0.2, 0.25) is 0 Å². The van der Waals surface area contributed by atoms with Crippen LogP contribution < -0.4 is 0 Å². The lowest BCUT2D eigenvalue weighted by Gasteiger charge is -2.35. The van der Waals surface area contributed by atoms with Gasteiger partial charge in [-0.25, -0.2) is 0 Å². The number of carboxylic acids is 1. The predicted molar refractivity (Wildman–Crippen MR) is 35.5 cm³/mol. The quantitative estimate of drug-likeness (QED) is 0.531. The van der Waals surface area contributed by atoms with Gasteiger partial charge in [-0.1, -0.05) is 6.08 Å². The van der Waals surface area contributed by atoms with Crippen molar-refractivity contribution in [1.29, 1.82) is 0 Å². The van der Waals surface area contributed by atoms with Gasteiger partial charge in [0.25, 0.3) is 0 Å². The SMILES string of the molecule is O=C(O)C1C=CN2C(=O)CC12. The molecule has 0 spiro atoms. The number of carbonyl (C=O) groups excluding carboxylic acids is 1. The van der Waals surface area contributed by atoms with Crippen LogP contribution in [0, 0.1) is 5.92 Å². The molecule has 2 heterocycles. The largest absolute Gasteiger partial charge is 0.481 e. The third-order valence-corrected chi connectivity index (χ3v) is 2.18. The minimum atomic E-state index is -0.846. The second kappa shape index (κ2) is 1.84. The van der Waals surface area contributed by atoms with Crippen LogP contribution in [0.15, 0.2) is 12.3 Å². The number of nitrogens with zero attached hydrogens (tertiary/aromatic N) is 1. The van der Waals surface area contributed by atoms with Gasteiger partial charge in [0.15, 0.2) is 0 Å². The Kier molecular flexibility index (Phi) is 1.07. The monoisotopic (exact) mass is 153 g/mol. The molecule has 1 N–H and O–H groups in total. The molecule has 4 nitrogen and oxygen atoms in total. The van der Waals surface area contributed by atoms with Gasteiger partial charge < -0.3 is 10.0 Å². The molecule has 4 heteroatoms. The predicted octanol–water partition coefficient (Wildman–Crippen LogP) is -0.185. The summed E-state index contributed by atoms with van der Waals surface area (Å²) in [5.74, 6) is -1.30. The normalized spacial score (nSPS) is 33.5. The Hall–Kier alpha value is -1.32. The number of rotatable bonds is 1. The summed E-state index contributed by atoms with van der Waals surface area (Å²) in [5.41, 5.74) is 0. The zero-order valence-corrected chi connectivity index (χ0v) is 5.73. The molecule has 0 aliphatic carbocycles. The fourth-order valence-electron chi connectivity index (χ4n) is 1.51. The molecule has 0 radical (unpaired) electrons. The van der Waals surface area contributed by atoms with E-state index in [-0.39, 0.29) is 11.9 Å². The summed E-state index contributed by atoms with van der Waals surface area (Å²) >= 11 is 0. The second-order valence-electron chi connectivity index (χ2n) is 2.78. The molecule has 2 rings (SSSR count). The molecular formula is C7H7NO3. The zero-order valence-electron chi connectivity index (χ0n) is 5.73. The smallest absolute Gasteiger partial charge is 0.312 e. The van der Waals surface area contributed by atoms with Crippen molar-refractivity contribution in [2.45, 2.75) is 12.5 Å². The molecule has 1 saturated heterocycles. The van der Waals surface area contributed by atoms with Gasteiger partial charge in [-0.2, -0.15) is 0 Å². The topological polar surface area (TPSA) is 57.6 Å². The number of amides is 1. The number of fused-ring (bicyclic) bond motifs is 1. The van der Waals surface area contributed by atoms with Gasteiger partial charge in [0.05, 0.1) is 12.0 Å². The van der Waals surface area contributed by atoms with E-state index in [2.05, 4.69) is 0 Å². The van der Waals surface area contributed by atoms with Crippen LogP contribution in [0.1, 0.15) is 6.42 Å². The molecule has 0 aromatic heterocycles. The molecule has 2 aliphatic rings. The average molecular weight is 153 g/mol. The highest BCUT2D eigenvalue weighted by Crippen LogP contribution is 2.32. The van der Waals surface area contributed by atoms with E-state index in [0.717, 1.165) is 0 Å². The summed E-state index contributed by atoms with van der Waals surface area (Å²) in [4.78, 5) is 22.8. The molecule has 0 saturated carbocycles. The lowest BCUT2D eigenvalue weighted by atomic mass is 9.93. The van der Waals surface area contributed by atoms with E-state index in [1.807, 2.05) is 0 Å². The fraction of sp³-hybridized carbons (Fsp3) is 0.429. The van der Waals surface area contributed by atoms with Crippen LogP contribution in [0.3, 0.4) is 0 Å². The van der Waals surface area contributed by atoms with E-state index in [1.54, 1.807) is 12.3 Å². The van der Waals surface area contributed by atoms with E-state index < -0.39 is 11.9 Å². The fourth-order valence-corrected chi connectivity index (χ4v) is 1.51. The number of carbonyl (C=O) groups is 2. The Bertz CT molecular complexity index is 258. The maximum atomic E-state index is 10.8. The zero-order chi connectivity index (χ0) is 8.01. The van der Waals surface area contributed by atoms with Gasteiger partial charge in [0, 0.05) is 12.6 Å². The third-order valence-electron chi connectivity index (χ3n) is 2.18. The van der Waals surface area contributed by atoms with Gasteiger partial charge in [-0.15, -0.1) is 0 Å². The first-order valence-corrected chi connectivity index (χ1v) is 3.42. The van der Waals surface area contributed by atoms with Gasteiger partial charge in [0.1, 0.15) is 0 Å². The van der Waals surface area contributed by atoms with Crippen LogP contribution in [0.25, 0.3) is 0 Å². The molecule has 58 valence electrons. The number of hydrogen-bond donors (Lipinski definition) is 1. The van der Waals surface area contributed by atoms with Gasteiger partial charge in [0.2, 0.25) is 5.91 Å². The Morgan fingerprint density at radius 1 is 1.73 bits per heavy atom. The van der Waals surface area contributed by atoms with Crippen molar-refractivity contribution < 1.29 is 14.7 Å². The summed E-state index contributed by atoms with van der Waals surface area (Å²) in [7, 11) is 0. The first kappa shape index (κ1) is 6.39. The van der Waals surface area contributed by atoms with Gasteiger partial charge in [-0.3, -0.25) is 9.59 Å². The highest BCUT2D eigenvalue weighted by atomic mass is 16.4. The molecule has 1 fully saturated rings. The lowest BCUT2D eigenvalue weighted by Crippen LogP contribution is -2.50. The molecule has 2 unspecified atom stereocenters. The minimum absolute atomic E-state index is 0.0231. The average Bonchev–Trinajstić information content (AvgIpc) is 2.25. The molecule has 11 heavy (non-hydrogen) atoms. The summed E-state index contributed by atoms with van der Waals surface area (Å²) in [6.45, 7) is 0. The number of hydrogen-bond acceptors (Lipinski definition) is 2. The highest BCUT2D eigenvalue weighted by molar-refractivity contribution is 5.89. The van der Waals surface area contributed by atoms with Crippen molar-refractivity contribution in [2.75, 3.05) is 0 Å². The van der Waals surface area contributed by atoms with Crippen LogP contribution >= 0.6 is 0 Å². The number of aliphatic carboxylic acids is 1. The Morgan fingerprint density at radius 2 is 2.45 bits per heavy atom. The first-order chi connectivity index (χ1) is 5.20. The molecule has 2 atom stereocenters. The maximum absolute atomic E-state index is 10.8. The van der Waals surface area contributed by atoms with E-state index in [9.17, 15) is 9.59 Å². The maximum Gasteiger partial charge on any atom is 0.312 e. The minimum Gasteiger partial charge on any atom is -0.481 e. The summed E-state index contributed by atoms with van der Waals surface area (Å²) in [5, 5.41) is 8.63. The van der Waals surface area contributed by atoms with Crippen molar-refractivity contribution in [3.8, 4) is 0 Å². The van der Waals surface area contributed by atoms with Crippen molar-refractivity contribution in [2.24, 2.45) is 5.92 Å². The standard InChI is InChI=1S/C7H7NO3/c9-6-3-5-4(7(10)11)1-2-8(5)6/h1-2,4-5H,3H2,(H,10,11). The molecule has 0 bridgehead atoms. The molecule has 0 aromatic rings. The summed E-state index contributed by atoms with van der Waals surface area (Å²) in [6, 6.07) is -0.0972. The Morgan fingerprint density at radius 3 is 2.91 bits per heavy atom. The summed E-state index contributed by atoms with van der Waals surface area (Å²) in [6.07, 6.45) is 3.51. The van der Waals surface area contributed by atoms with E-state index >= 15 is 0 Å². The highest BCUT2D eigenvalue weighted by Gasteiger charge is 2.45. The van der Waals surface area contributed by atoms with Crippen LogP contribution in [-0.2, 0) is 9.59 Å². The molecule has 2 aliphatic heterocycles. The van der Waals surface area contributed by atoms with E-state index in [4.69, 9.17) is 5.11 Å². The third kappa shape index (κ3) is 0.691. The van der Waals surface area contributed by atoms with E-state index in [1.165, 1.54) is 4.90 Å². The lowest BCUT2D eigenvalue weighted by molar-refractivity contribution is -0.148. The van der Waals surface area contributed by atoms with Crippen LogP contribution in [-0.4, -0.2) is 27.9 Å². The van der Waals surface area contributed by atoms with Crippen LogP contribution in [0.5, 0.6) is 0 Å². The van der Waals surface area contributed by atoms with Gasteiger partial charge in [-0.05, 0) is 0 Å². The second-order valence-corrected chi connectivity index (χ2v) is 2.78. The van der Waals surface area contributed by atoms with Crippen molar-refractivity contribution in [3.63, 3.8) is 0 Å². The van der Waals surface area contributed by atoms with E-state index in [0.29, 0.717) is 6.42 Å². The first-order valence-electron chi connectivity index (χ1n) is 3.42. The molecule has 0 aromatic carbocycles. The Balaban J connectivity index is 2.16. The molecule has 1 amide bonds. The number of β-lactam (4-membered cyclic amide) rings is 1. The Labute approximate surface area is 63.1 Å². The molecular weight excluding hydrogens is 146 g/mol. The van der Waals surface area contributed by atoms with Crippen molar-refractivity contribution >= 4 is 11.9 Å². The van der Waals surface area contributed by atoms with Gasteiger partial charge >= 0.3 is 5.97 Å². The van der Waals surface area contributed by atoms with Crippen molar-refractivity contribution in [3.05, 3.63) is 12.3 Å². The van der Waals surface area contributed by atoms with Crippen molar-refractivity contribution in [1.82, 2.24) is 4.90 Å². The number of carboxylic acid groups (broad SMARTS) is 1.